The van der Waals surface area contributed by atoms with Crippen LogP contribution in [0.25, 0.3) is 0 Å². The van der Waals surface area contributed by atoms with Crippen molar-refractivity contribution in [3.63, 3.8) is 0 Å². The number of anilines is 2. The summed E-state index contributed by atoms with van der Waals surface area (Å²) in [6.45, 7) is 5.98. The Morgan fingerprint density at radius 2 is 1.86 bits per heavy atom. The molecule has 4 heteroatoms. The normalized spacial score (nSPS) is 15.3. The number of para-hydroxylation sites is 2. The second kappa shape index (κ2) is 6.98. The van der Waals surface area contributed by atoms with Gasteiger partial charge in [0.15, 0.2) is 6.29 Å². The van der Waals surface area contributed by atoms with Crippen molar-refractivity contribution in [2.24, 2.45) is 0 Å². The molecule has 1 amide bonds. The molecule has 1 aliphatic heterocycles. The highest BCUT2D eigenvalue weighted by Crippen LogP contribution is 2.31. The van der Waals surface area contributed by atoms with Crippen molar-refractivity contribution in [3.05, 3.63) is 59.7 Å². The zero-order chi connectivity index (χ0) is 16.1. The van der Waals surface area contributed by atoms with E-state index < -0.39 is 0 Å². The zero-order valence-electron chi connectivity index (χ0n) is 13.6. The van der Waals surface area contributed by atoms with Crippen LogP contribution in [-0.2, 0) is 0 Å². The molecule has 1 unspecified atom stereocenters. The molecular weight excluding hydrogens is 274 g/mol. The molecule has 3 rings (SSSR count). The molecule has 0 aromatic heterocycles. The van der Waals surface area contributed by atoms with Crippen LogP contribution < -0.4 is 15.5 Å². The van der Waals surface area contributed by atoms with E-state index in [4.69, 9.17) is 0 Å². The lowest BCUT2D eigenvalue weighted by atomic mass is 10.1. The van der Waals surface area contributed by atoms with Gasteiger partial charge in [0.25, 0.3) is 5.91 Å². The largest absolute Gasteiger partial charge is 0.347 e. The van der Waals surface area contributed by atoms with E-state index in [1.54, 1.807) is 0 Å². The Morgan fingerprint density at radius 1 is 1.14 bits per heavy atom. The maximum Gasteiger partial charge on any atom is 0.254 e. The van der Waals surface area contributed by atoms with E-state index >= 15 is 0 Å². The van der Waals surface area contributed by atoms with Gasteiger partial charge < -0.3 is 15.5 Å². The van der Waals surface area contributed by atoms with Crippen LogP contribution in [0.2, 0.25) is 0 Å². The van der Waals surface area contributed by atoms with Crippen LogP contribution in [-0.4, -0.2) is 19.2 Å². The van der Waals surface area contributed by atoms with Gasteiger partial charge >= 0.3 is 0 Å². The minimum Gasteiger partial charge on any atom is -0.347 e. The number of nitrogens with one attached hydrogen (secondary N) is 2. The molecule has 0 bridgehead atoms. The molecule has 116 valence electrons. The minimum atomic E-state index is -0.222. The molecule has 0 saturated carbocycles. The number of hydrogen-bond acceptors (Lipinski definition) is 3. The van der Waals surface area contributed by atoms with E-state index in [0.29, 0.717) is 5.56 Å². The van der Waals surface area contributed by atoms with E-state index in [0.717, 1.165) is 16.9 Å². The van der Waals surface area contributed by atoms with Crippen LogP contribution >= 0.6 is 0 Å². The van der Waals surface area contributed by atoms with Gasteiger partial charge in [-0.25, -0.2) is 0 Å². The summed E-state index contributed by atoms with van der Waals surface area (Å²) >= 11 is 0. The number of fused-ring (bicyclic) bond motifs is 1. The van der Waals surface area contributed by atoms with Crippen molar-refractivity contribution in [3.8, 4) is 0 Å². The molecule has 1 heterocycles. The lowest BCUT2D eigenvalue weighted by Gasteiger charge is -2.23. The van der Waals surface area contributed by atoms with Crippen LogP contribution in [0.15, 0.2) is 48.5 Å². The summed E-state index contributed by atoms with van der Waals surface area (Å²) in [6, 6.07) is 15.6. The van der Waals surface area contributed by atoms with Gasteiger partial charge in [0.2, 0.25) is 0 Å². The lowest BCUT2D eigenvalue weighted by molar-refractivity contribution is 0.0942. The third-order valence-corrected chi connectivity index (χ3v) is 3.51. The van der Waals surface area contributed by atoms with E-state index in [2.05, 4.69) is 10.6 Å². The average molecular weight is 297 g/mol. The lowest BCUT2D eigenvalue weighted by Crippen LogP contribution is -2.48. The highest BCUT2D eigenvalue weighted by molar-refractivity contribution is 5.95. The molecule has 1 atom stereocenters. The molecule has 2 aromatic carbocycles. The molecule has 22 heavy (non-hydrogen) atoms. The smallest absolute Gasteiger partial charge is 0.254 e. The van der Waals surface area contributed by atoms with E-state index in [1.165, 1.54) is 0 Å². The number of nitrogens with zero attached hydrogens (tertiary/aromatic N) is 1. The molecule has 2 N–H and O–H groups in total. The Hall–Kier alpha value is -2.49. The van der Waals surface area contributed by atoms with Crippen molar-refractivity contribution < 1.29 is 4.79 Å². The topological polar surface area (TPSA) is 44.4 Å². The molecule has 2 aromatic rings. The second-order valence-electron chi connectivity index (χ2n) is 5.02. The minimum absolute atomic E-state index is 0.0779. The predicted octanol–water partition coefficient (Wildman–Crippen LogP) is 3.60. The van der Waals surface area contributed by atoms with E-state index in [-0.39, 0.29) is 12.2 Å². The molecule has 1 aliphatic rings. The van der Waals surface area contributed by atoms with E-state index in [9.17, 15) is 4.79 Å². The van der Waals surface area contributed by atoms with Crippen LogP contribution in [0.5, 0.6) is 0 Å². The quantitative estimate of drug-likeness (QED) is 0.890. The Bertz CT molecular complexity index is 654. The van der Waals surface area contributed by atoms with Crippen molar-refractivity contribution in [1.82, 2.24) is 5.32 Å². The third-order valence-electron chi connectivity index (χ3n) is 3.51. The molecule has 0 radical (unpaired) electrons. The van der Waals surface area contributed by atoms with Crippen molar-refractivity contribution in [2.45, 2.75) is 27.1 Å². The van der Waals surface area contributed by atoms with Gasteiger partial charge in [-0.2, -0.15) is 0 Å². The number of carbonyl (C=O) groups excluding carboxylic acids is 1. The summed E-state index contributed by atoms with van der Waals surface area (Å²) in [5.74, 6) is -0.0779. The predicted molar refractivity (Wildman–Crippen MR) is 92.2 cm³/mol. The number of carbonyl (C=O) groups is 1. The van der Waals surface area contributed by atoms with Gasteiger partial charge in [0.05, 0.1) is 11.4 Å². The summed E-state index contributed by atoms with van der Waals surface area (Å²) in [5.41, 5.74) is 3.87. The molecule has 0 fully saturated rings. The van der Waals surface area contributed by atoms with Gasteiger partial charge in [-0.05, 0) is 31.2 Å². The summed E-state index contributed by atoms with van der Waals surface area (Å²) in [4.78, 5) is 14.3. The maximum atomic E-state index is 12.3. The van der Waals surface area contributed by atoms with Crippen LogP contribution in [0.3, 0.4) is 0 Å². The summed E-state index contributed by atoms with van der Waals surface area (Å²) < 4.78 is 0. The van der Waals surface area contributed by atoms with Gasteiger partial charge in [0.1, 0.15) is 0 Å². The maximum absolute atomic E-state index is 12.3. The number of hydrogen-bond donors (Lipinski definition) is 2. The standard InChI is InChI=1S/C16H17N3O.C2H6/c1-11-6-5-7-12(10-11)15(20)18-16-17-13-8-3-4-9-14(13)19(16)2;1-2/h3-10,16-17H,1-2H3,(H,18,20);1-2H3. The van der Waals surface area contributed by atoms with Crippen molar-refractivity contribution >= 4 is 17.3 Å². The van der Waals surface area contributed by atoms with Gasteiger partial charge in [-0.1, -0.05) is 43.7 Å². The fraction of sp³-hybridized carbons (Fsp3) is 0.278. The summed E-state index contributed by atoms with van der Waals surface area (Å²) in [5, 5.41) is 6.29. The first-order valence-electron chi connectivity index (χ1n) is 7.61. The van der Waals surface area contributed by atoms with Crippen LogP contribution in [0.4, 0.5) is 11.4 Å². The monoisotopic (exact) mass is 297 g/mol. The molecule has 0 aliphatic carbocycles. The molecule has 0 saturated heterocycles. The summed E-state index contributed by atoms with van der Waals surface area (Å²) in [6.07, 6.45) is -0.222. The zero-order valence-corrected chi connectivity index (χ0v) is 13.6. The Balaban J connectivity index is 0.000000847. The highest BCUT2D eigenvalue weighted by Gasteiger charge is 2.26. The van der Waals surface area contributed by atoms with Gasteiger partial charge in [0, 0.05) is 12.6 Å². The summed E-state index contributed by atoms with van der Waals surface area (Å²) in [7, 11) is 1.96. The molecule has 0 spiro atoms. The average Bonchev–Trinajstić information content (AvgIpc) is 2.86. The van der Waals surface area contributed by atoms with Gasteiger partial charge in [-0.15, -0.1) is 0 Å². The van der Waals surface area contributed by atoms with Crippen LogP contribution in [0, 0.1) is 6.92 Å². The highest BCUT2D eigenvalue weighted by atomic mass is 16.2. The van der Waals surface area contributed by atoms with Crippen LogP contribution in [0.1, 0.15) is 29.8 Å². The Morgan fingerprint density at radius 3 is 2.55 bits per heavy atom. The molecular formula is C18H23N3O. The number of benzene rings is 2. The Kier molecular flexibility index (Phi) is 5.04. The van der Waals surface area contributed by atoms with Gasteiger partial charge in [-0.3, -0.25) is 4.79 Å². The fourth-order valence-electron chi connectivity index (χ4n) is 2.41. The van der Waals surface area contributed by atoms with E-state index in [1.807, 2.05) is 81.2 Å². The third kappa shape index (κ3) is 3.22. The number of rotatable bonds is 2. The molecule has 4 nitrogen and oxygen atoms in total. The Labute approximate surface area is 132 Å². The first-order chi connectivity index (χ1) is 10.6. The fourth-order valence-corrected chi connectivity index (χ4v) is 2.41. The number of amides is 1. The second-order valence-corrected chi connectivity index (χ2v) is 5.02. The first-order valence-corrected chi connectivity index (χ1v) is 7.61. The van der Waals surface area contributed by atoms with Crippen molar-refractivity contribution in [2.75, 3.05) is 17.3 Å². The number of aryl methyl sites for hydroxylation is 1. The SMILES string of the molecule is CC.Cc1cccc(C(=O)NC2Nc3ccccc3N2C)c1. The van der Waals surface area contributed by atoms with Crippen molar-refractivity contribution in [1.29, 1.82) is 0 Å². The first kappa shape index (κ1) is 15.9.